The Balaban J connectivity index is 1.55. The summed E-state index contributed by atoms with van der Waals surface area (Å²) in [7, 11) is 0. The molecule has 0 amide bonds. The van der Waals surface area contributed by atoms with Crippen LogP contribution in [-0.4, -0.2) is 37.9 Å². The standard InChI is InChI=1S/C23H21F3N6O3/c1-22(2,13-34-21-28-10-9-19(27)29-21)12-32-20(33)17-11-15(5-8-18(17)30-31-32)14-3-6-16(7-4-14)35-23(24,25)26/h3-11H,12-13H2,1-2H3,(H2,27,28,29). The van der Waals surface area contributed by atoms with Gasteiger partial charge in [-0.25, -0.2) is 9.67 Å². The summed E-state index contributed by atoms with van der Waals surface area (Å²) in [6.07, 6.45) is -3.28. The lowest BCUT2D eigenvalue weighted by atomic mass is 9.95. The van der Waals surface area contributed by atoms with E-state index in [4.69, 9.17) is 10.5 Å². The molecule has 0 aliphatic rings. The van der Waals surface area contributed by atoms with Gasteiger partial charge in [-0.2, -0.15) is 4.98 Å². The highest BCUT2D eigenvalue weighted by molar-refractivity contribution is 5.83. The minimum atomic E-state index is -4.77. The molecule has 9 nitrogen and oxygen atoms in total. The maximum atomic E-state index is 13.2. The van der Waals surface area contributed by atoms with Gasteiger partial charge in [-0.15, -0.1) is 18.3 Å². The molecule has 4 aromatic rings. The summed E-state index contributed by atoms with van der Waals surface area (Å²) in [5.41, 5.74) is 6.38. The first kappa shape index (κ1) is 23.9. The lowest BCUT2D eigenvalue weighted by molar-refractivity contribution is -0.274. The van der Waals surface area contributed by atoms with Crippen molar-refractivity contribution in [3.05, 3.63) is 65.1 Å². The van der Waals surface area contributed by atoms with Crippen LogP contribution >= 0.6 is 0 Å². The first-order valence-electron chi connectivity index (χ1n) is 10.4. The summed E-state index contributed by atoms with van der Waals surface area (Å²) in [4.78, 5) is 21.1. The molecular formula is C23H21F3N6O3. The predicted octanol–water partition coefficient (Wildman–Crippen LogP) is 3.83. The molecule has 0 radical (unpaired) electrons. The monoisotopic (exact) mass is 486 g/mol. The number of fused-ring (bicyclic) bond motifs is 1. The third-order valence-electron chi connectivity index (χ3n) is 4.97. The van der Waals surface area contributed by atoms with Crippen molar-refractivity contribution in [2.45, 2.75) is 26.8 Å². The Morgan fingerprint density at radius 1 is 1.03 bits per heavy atom. The van der Waals surface area contributed by atoms with E-state index in [-0.39, 0.29) is 36.3 Å². The molecule has 0 aliphatic heterocycles. The van der Waals surface area contributed by atoms with E-state index in [1.165, 1.54) is 35.1 Å². The van der Waals surface area contributed by atoms with Crippen LogP contribution in [0.15, 0.2) is 59.5 Å². The van der Waals surface area contributed by atoms with E-state index in [1.54, 1.807) is 24.3 Å². The predicted molar refractivity (Wildman–Crippen MR) is 122 cm³/mol. The minimum absolute atomic E-state index is 0.131. The number of aromatic nitrogens is 5. The quantitative estimate of drug-likeness (QED) is 0.419. The molecule has 182 valence electrons. The van der Waals surface area contributed by atoms with Crippen LogP contribution in [0.4, 0.5) is 19.0 Å². The smallest absolute Gasteiger partial charge is 0.463 e. The van der Waals surface area contributed by atoms with Crippen molar-refractivity contribution in [2.24, 2.45) is 5.41 Å². The van der Waals surface area contributed by atoms with Gasteiger partial charge in [-0.3, -0.25) is 4.79 Å². The van der Waals surface area contributed by atoms with Crippen molar-refractivity contribution < 1.29 is 22.6 Å². The van der Waals surface area contributed by atoms with Gasteiger partial charge in [0, 0.05) is 11.6 Å². The molecule has 2 heterocycles. The van der Waals surface area contributed by atoms with Crippen LogP contribution in [0.1, 0.15) is 13.8 Å². The normalized spacial score (nSPS) is 12.0. The molecule has 0 spiro atoms. The molecular weight excluding hydrogens is 465 g/mol. The molecule has 0 saturated carbocycles. The molecule has 2 aromatic carbocycles. The van der Waals surface area contributed by atoms with Crippen LogP contribution in [0.25, 0.3) is 22.0 Å². The summed E-state index contributed by atoms with van der Waals surface area (Å²) in [5, 5.41) is 8.49. The summed E-state index contributed by atoms with van der Waals surface area (Å²) in [5.74, 6) is -0.0500. The second-order valence-electron chi connectivity index (χ2n) is 8.57. The molecule has 0 atom stereocenters. The second kappa shape index (κ2) is 9.20. The fourth-order valence-electron chi connectivity index (χ4n) is 3.34. The number of nitrogens with zero attached hydrogens (tertiary/aromatic N) is 5. The number of halogens is 3. The number of rotatable bonds is 7. The number of alkyl halides is 3. The van der Waals surface area contributed by atoms with Gasteiger partial charge in [0.2, 0.25) is 0 Å². The lowest BCUT2D eigenvalue weighted by Crippen LogP contribution is -2.34. The number of nitrogens with two attached hydrogens (primary N) is 1. The summed E-state index contributed by atoms with van der Waals surface area (Å²) in [6, 6.07) is 12.0. The van der Waals surface area contributed by atoms with Gasteiger partial charge in [0.05, 0.1) is 18.5 Å². The zero-order valence-corrected chi connectivity index (χ0v) is 18.8. The van der Waals surface area contributed by atoms with E-state index in [0.29, 0.717) is 22.0 Å². The Morgan fingerprint density at radius 2 is 1.74 bits per heavy atom. The molecule has 0 aliphatic carbocycles. The largest absolute Gasteiger partial charge is 0.573 e. The van der Waals surface area contributed by atoms with E-state index < -0.39 is 11.8 Å². The average molecular weight is 486 g/mol. The number of hydrogen-bond acceptors (Lipinski definition) is 8. The fourth-order valence-corrected chi connectivity index (χ4v) is 3.34. The summed E-state index contributed by atoms with van der Waals surface area (Å²) in [6.45, 7) is 4.16. The molecule has 4 rings (SSSR count). The van der Waals surface area contributed by atoms with Crippen LogP contribution < -0.4 is 20.8 Å². The van der Waals surface area contributed by atoms with Crippen molar-refractivity contribution in [3.63, 3.8) is 0 Å². The molecule has 0 bridgehead atoms. The van der Waals surface area contributed by atoms with E-state index in [1.807, 2.05) is 13.8 Å². The maximum absolute atomic E-state index is 13.2. The van der Waals surface area contributed by atoms with Crippen molar-refractivity contribution >= 4 is 16.7 Å². The summed E-state index contributed by atoms with van der Waals surface area (Å²) >= 11 is 0. The first-order chi connectivity index (χ1) is 16.5. The molecule has 12 heteroatoms. The first-order valence-corrected chi connectivity index (χ1v) is 10.4. The number of benzene rings is 2. The van der Waals surface area contributed by atoms with E-state index in [2.05, 4.69) is 25.0 Å². The fraction of sp³-hybridized carbons (Fsp3) is 0.261. The SMILES string of the molecule is CC(C)(COc1nccc(N)n1)Cn1nnc2ccc(-c3ccc(OC(F)(F)F)cc3)cc2c1=O. The molecule has 0 saturated heterocycles. The van der Waals surface area contributed by atoms with Gasteiger partial charge < -0.3 is 15.2 Å². The van der Waals surface area contributed by atoms with Crippen LogP contribution in [0.2, 0.25) is 0 Å². The van der Waals surface area contributed by atoms with Gasteiger partial charge in [0.1, 0.15) is 17.1 Å². The van der Waals surface area contributed by atoms with Crippen LogP contribution in [0, 0.1) is 5.41 Å². The van der Waals surface area contributed by atoms with Gasteiger partial charge in [0.25, 0.3) is 5.56 Å². The minimum Gasteiger partial charge on any atom is -0.463 e. The molecule has 2 aromatic heterocycles. The Hall–Kier alpha value is -4.22. The van der Waals surface area contributed by atoms with Crippen molar-refractivity contribution in [1.29, 1.82) is 0 Å². The lowest BCUT2D eigenvalue weighted by Gasteiger charge is -2.24. The molecule has 0 unspecified atom stereocenters. The van der Waals surface area contributed by atoms with Gasteiger partial charge in [-0.05, 0) is 41.5 Å². The molecule has 0 fully saturated rings. The van der Waals surface area contributed by atoms with E-state index >= 15 is 0 Å². The van der Waals surface area contributed by atoms with E-state index in [9.17, 15) is 18.0 Å². The van der Waals surface area contributed by atoms with Gasteiger partial charge in [-0.1, -0.05) is 37.3 Å². The zero-order chi connectivity index (χ0) is 25.2. The molecule has 35 heavy (non-hydrogen) atoms. The Morgan fingerprint density at radius 3 is 2.43 bits per heavy atom. The highest BCUT2D eigenvalue weighted by Gasteiger charge is 2.31. The van der Waals surface area contributed by atoms with Crippen molar-refractivity contribution in [2.75, 3.05) is 12.3 Å². The third-order valence-corrected chi connectivity index (χ3v) is 4.97. The van der Waals surface area contributed by atoms with Crippen LogP contribution in [0.3, 0.4) is 0 Å². The maximum Gasteiger partial charge on any atom is 0.573 e. The van der Waals surface area contributed by atoms with Crippen LogP contribution in [0.5, 0.6) is 11.8 Å². The van der Waals surface area contributed by atoms with Crippen LogP contribution in [-0.2, 0) is 6.54 Å². The zero-order valence-electron chi connectivity index (χ0n) is 18.8. The highest BCUT2D eigenvalue weighted by atomic mass is 19.4. The Bertz CT molecular complexity index is 1400. The number of nitrogen functional groups attached to an aromatic ring is 1. The van der Waals surface area contributed by atoms with Crippen molar-refractivity contribution in [1.82, 2.24) is 25.0 Å². The Labute approximate surface area is 197 Å². The number of hydrogen-bond donors (Lipinski definition) is 1. The van der Waals surface area contributed by atoms with Gasteiger partial charge >= 0.3 is 12.4 Å². The second-order valence-corrected chi connectivity index (χ2v) is 8.57. The highest BCUT2D eigenvalue weighted by Crippen LogP contribution is 2.27. The summed E-state index contributed by atoms with van der Waals surface area (Å²) < 4.78 is 48.0. The third kappa shape index (κ3) is 6.02. The van der Waals surface area contributed by atoms with Gasteiger partial charge in [0.15, 0.2) is 0 Å². The topological polar surface area (TPSA) is 118 Å². The number of ether oxygens (including phenoxy) is 2. The van der Waals surface area contributed by atoms with E-state index in [0.717, 1.165) is 0 Å². The van der Waals surface area contributed by atoms with Crippen molar-refractivity contribution in [3.8, 4) is 22.9 Å². The number of anilines is 1. The Kier molecular flexibility index (Phi) is 6.29. The average Bonchev–Trinajstić information content (AvgIpc) is 2.79. The molecule has 2 N–H and O–H groups in total.